The predicted molar refractivity (Wildman–Crippen MR) is 105 cm³/mol. The van der Waals surface area contributed by atoms with Gasteiger partial charge in [0.2, 0.25) is 5.78 Å². The van der Waals surface area contributed by atoms with Gasteiger partial charge in [0.15, 0.2) is 0 Å². The normalized spacial score (nSPS) is 11.2. The fourth-order valence-electron chi connectivity index (χ4n) is 2.92. The Morgan fingerprint density at radius 2 is 1.73 bits per heavy atom. The Labute approximate surface area is 159 Å². The van der Waals surface area contributed by atoms with Gasteiger partial charge in [0, 0.05) is 27.9 Å². The van der Waals surface area contributed by atoms with Crippen molar-refractivity contribution in [2.75, 3.05) is 6.26 Å². The minimum absolute atomic E-state index is 0.277. The van der Waals surface area contributed by atoms with E-state index in [9.17, 15) is 4.39 Å². The zero-order valence-electron chi connectivity index (χ0n) is 14.2. The molecule has 2 aromatic heterocycles. The van der Waals surface area contributed by atoms with Crippen LogP contribution in [0.5, 0.6) is 0 Å². The van der Waals surface area contributed by atoms with E-state index < -0.39 is 0 Å². The first kappa shape index (κ1) is 17.1. The first-order valence-corrected chi connectivity index (χ1v) is 9.62. The van der Waals surface area contributed by atoms with E-state index in [1.54, 1.807) is 23.9 Å². The van der Waals surface area contributed by atoms with Crippen molar-refractivity contribution in [3.05, 3.63) is 71.3 Å². The van der Waals surface area contributed by atoms with Crippen molar-refractivity contribution < 1.29 is 4.39 Å². The Balaban J connectivity index is 2.01. The molecule has 4 aromatic rings. The van der Waals surface area contributed by atoms with Crippen LogP contribution in [-0.4, -0.2) is 20.6 Å². The first-order valence-electron chi connectivity index (χ1n) is 8.02. The number of aromatic nitrogens is 3. The lowest BCUT2D eigenvalue weighted by atomic mass is 10.0. The molecule has 0 radical (unpaired) electrons. The zero-order chi connectivity index (χ0) is 18.3. The van der Waals surface area contributed by atoms with Crippen molar-refractivity contribution >= 4 is 29.1 Å². The largest absolute Gasteiger partial charge is 0.283 e. The van der Waals surface area contributed by atoms with E-state index in [4.69, 9.17) is 16.6 Å². The molecule has 0 amide bonds. The Bertz CT molecular complexity index is 1110. The minimum atomic E-state index is -0.277. The van der Waals surface area contributed by atoms with Crippen LogP contribution in [0.3, 0.4) is 0 Å². The third-order valence-corrected chi connectivity index (χ3v) is 5.40. The molecule has 0 bridgehead atoms. The second kappa shape index (κ2) is 6.74. The van der Waals surface area contributed by atoms with Crippen LogP contribution in [0.25, 0.3) is 28.3 Å². The Kier molecular flexibility index (Phi) is 4.42. The van der Waals surface area contributed by atoms with Crippen LogP contribution < -0.4 is 0 Å². The van der Waals surface area contributed by atoms with Gasteiger partial charge in [0.1, 0.15) is 5.82 Å². The molecule has 6 heteroatoms. The van der Waals surface area contributed by atoms with Crippen molar-refractivity contribution in [1.82, 2.24) is 14.4 Å². The summed E-state index contributed by atoms with van der Waals surface area (Å²) in [5.41, 5.74) is 4.28. The summed E-state index contributed by atoms with van der Waals surface area (Å²) >= 11 is 8.03. The van der Waals surface area contributed by atoms with Crippen molar-refractivity contribution in [3.63, 3.8) is 0 Å². The predicted octanol–water partition coefficient (Wildman–Crippen LogP) is 5.89. The number of fused-ring (bicyclic) bond motifs is 1. The van der Waals surface area contributed by atoms with Crippen molar-refractivity contribution in [2.45, 2.75) is 11.8 Å². The second-order valence-electron chi connectivity index (χ2n) is 5.90. The van der Waals surface area contributed by atoms with Crippen LogP contribution in [0.4, 0.5) is 4.39 Å². The van der Waals surface area contributed by atoms with E-state index >= 15 is 0 Å². The molecular formula is C20H15ClFN3S. The van der Waals surface area contributed by atoms with Crippen LogP contribution in [0.2, 0.25) is 5.02 Å². The summed E-state index contributed by atoms with van der Waals surface area (Å²) in [5.74, 6) is 0.324. The quantitative estimate of drug-likeness (QED) is 0.413. The summed E-state index contributed by atoms with van der Waals surface area (Å²) in [7, 11) is 0. The SMILES string of the molecule is CSc1ccc(-c2c(-c3ccc(F)cc3)nc3nc(C)ccn23)cc1Cl. The minimum Gasteiger partial charge on any atom is -0.283 e. The van der Waals surface area contributed by atoms with Crippen LogP contribution in [0.15, 0.2) is 59.6 Å². The van der Waals surface area contributed by atoms with Gasteiger partial charge in [-0.25, -0.2) is 14.4 Å². The average Bonchev–Trinajstić information content (AvgIpc) is 3.00. The smallest absolute Gasteiger partial charge is 0.235 e. The summed E-state index contributed by atoms with van der Waals surface area (Å²) < 4.78 is 15.3. The summed E-state index contributed by atoms with van der Waals surface area (Å²) in [6.45, 7) is 1.93. The van der Waals surface area contributed by atoms with Gasteiger partial charge in [0.05, 0.1) is 16.4 Å². The number of benzene rings is 2. The monoisotopic (exact) mass is 383 g/mol. The van der Waals surface area contributed by atoms with Crippen LogP contribution >= 0.6 is 23.4 Å². The molecule has 0 atom stereocenters. The average molecular weight is 384 g/mol. The number of hydrogen-bond donors (Lipinski definition) is 0. The van der Waals surface area contributed by atoms with Gasteiger partial charge in [-0.05, 0) is 55.6 Å². The molecule has 2 aromatic carbocycles. The van der Waals surface area contributed by atoms with E-state index in [0.29, 0.717) is 10.8 Å². The fourth-order valence-corrected chi connectivity index (χ4v) is 3.79. The van der Waals surface area contributed by atoms with Crippen molar-refractivity contribution in [1.29, 1.82) is 0 Å². The maximum absolute atomic E-state index is 13.4. The highest BCUT2D eigenvalue weighted by molar-refractivity contribution is 7.98. The molecule has 0 aliphatic heterocycles. The maximum Gasteiger partial charge on any atom is 0.235 e. The first-order chi connectivity index (χ1) is 12.6. The lowest BCUT2D eigenvalue weighted by molar-refractivity contribution is 0.628. The van der Waals surface area contributed by atoms with Gasteiger partial charge >= 0.3 is 0 Å². The number of nitrogens with zero attached hydrogens (tertiary/aromatic N) is 3. The van der Waals surface area contributed by atoms with Gasteiger partial charge in [-0.15, -0.1) is 11.8 Å². The number of imidazole rings is 1. The molecular weight excluding hydrogens is 369 g/mol. The lowest BCUT2D eigenvalue weighted by Gasteiger charge is -2.08. The topological polar surface area (TPSA) is 30.2 Å². The molecule has 26 heavy (non-hydrogen) atoms. The number of rotatable bonds is 3. The highest BCUT2D eigenvalue weighted by Crippen LogP contribution is 2.36. The summed E-state index contributed by atoms with van der Waals surface area (Å²) in [5, 5.41) is 0.690. The molecule has 0 aliphatic carbocycles. The van der Waals surface area contributed by atoms with Gasteiger partial charge < -0.3 is 0 Å². The highest BCUT2D eigenvalue weighted by atomic mass is 35.5. The molecule has 0 N–H and O–H groups in total. The number of aryl methyl sites for hydroxylation is 1. The molecule has 0 fully saturated rings. The van der Waals surface area contributed by atoms with E-state index in [2.05, 4.69) is 4.98 Å². The highest BCUT2D eigenvalue weighted by Gasteiger charge is 2.18. The molecule has 4 rings (SSSR count). The third kappa shape index (κ3) is 2.97. The van der Waals surface area contributed by atoms with Crippen molar-refractivity contribution in [3.8, 4) is 22.5 Å². The fraction of sp³-hybridized carbons (Fsp3) is 0.100. The zero-order valence-corrected chi connectivity index (χ0v) is 15.8. The molecule has 0 spiro atoms. The lowest BCUT2D eigenvalue weighted by Crippen LogP contribution is -1.93. The number of thioether (sulfide) groups is 1. The summed E-state index contributed by atoms with van der Waals surface area (Å²) in [6.07, 6.45) is 3.94. The van der Waals surface area contributed by atoms with Crippen LogP contribution in [0, 0.1) is 12.7 Å². The molecule has 0 saturated heterocycles. The molecule has 3 nitrogen and oxygen atoms in total. The van der Waals surface area contributed by atoms with E-state index in [0.717, 1.165) is 33.1 Å². The molecule has 2 heterocycles. The maximum atomic E-state index is 13.4. The summed E-state index contributed by atoms with van der Waals surface area (Å²) in [4.78, 5) is 10.2. The Morgan fingerprint density at radius 3 is 2.42 bits per heavy atom. The molecule has 0 saturated carbocycles. The number of halogens is 2. The molecule has 130 valence electrons. The Hall–Kier alpha value is -2.37. The molecule has 0 unspecified atom stereocenters. The van der Waals surface area contributed by atoms with Crippen LogP contribution in [0.1, 0.15) is 5.69 Å². The van der Waals surface area contributed by atoms with E-state index in [-0.39, 0.29) is 5.82 Å². The third-order valence-electron chi connectivity index (χ3n) is 4.18. The van der Waals surface area contributed by atoms with Gasteiger partial charge in [-0.2, -0.15) is 0 Å². The van der Waals surface area contributed by atoms with Gasteiger partial charge in [-0.3, -0.25) is 4.40 Å². The van der Waals surface area contributed by atoms with Crippen molar-refractivity contribution in [2.24, 2.45) is 0 Å². The van der Waals surface area contributed by atoms with Gasteiger partial charge in [0.25, 0.3) is 0 Å². The van der Waals surface area contributed by atoms with Crippen LogP contribution in [-0.2, 0) is 0 Å². The van der Waals surface area contributed by atoms with Gasteiger partial charge in [-0.1, -0.05) is 17.7 Å². The summed E-state index contributed by atoms with van der Waals surface area (Å²) in [6, 6.07) is 14.2. The second-order valence-corrected chi connectivity index (χ2v) is 7.16. The van der Waals surface area contributed by atoms with E-state index in [1.165, 1.54) is 12.1 Å². The number of hydrogen-bond acceptors (Lipinski definition) is 3. The van der Waals surface area contributed by atoms with E-state index in [1.807, 2.05) is 48.0 Å². The standard InChI is InChI=1S/C20H15ClFN3S/c1-12-9-10-25-19(14-5-8-17(26-2)16(21)11-14)18(24-20(25)23-12)13-3-6-15(22)7-4-13/h3-11H,1-2H3. The molecule has 0 aliphatic rings. The Morgan fingerprint density at radius 1 is 1.00 bits per heavy atom.